The van der Waals surface area contributed by atoms with Gasteiger partial charge in [0.2, 0.25) is 5.91 Å². The molecule has 2 amide bonds. The van der Waals surface area contributed by atoms with Crippen LogP contribution in [0.1, 0.15) is 15.9 Å². The van der Waals surface area contributed by atoms with Crippen LogP contribution in [0.25, 0.3) is 0 Å². The molecule has 0 bridgehead atoms. The summed E-state index contributed by atoms with van der Waals surface area (Å²) in [6.07, 6.45) is 0. The summed E-state index contributed by atoms with van der Waals surface area (Å²) in [6, 6.07) is 11.9. The number of nitrogens with one attached hydrogen (secondary N) is 2. The van der Waals surface area contributed by atoms with Crippen LogP contribution in [0.4, 0.5) is 0 Å². The molecule has 0 aliphatic carbocycles. The zero-order chi connectivity index (χ0) is 18.2. The minimum Gasteiger partial charge on any atom is -0.493 e. The predicted octanol–water partition coefficient (Wildman–Crippen LogP) is 2.40. The van der Waals surface area contributed by atoms with Gasteiger partial charge in [-0.2, -0.15) is 0 Å². The molecule has 2 aromatic rings. The fraction of sp³-hybridized carbons (Fsp3) is 0.222. The van der Waals surface area contributed by atoms with Crippen LogP contribution >= 0.6 is 11.6 Å². The second-order valence-corrected chi connectivity index (χ2v) is 5.56. The maximum atomic E-state index is 12.0. The third-order valence-corrected chi connectivity index (χ3v) is 3.69. The highest BCUT2D eigenvalue weighted by Gasteiger charge is 2.12. The molecule has 25 heavy (non-hydrogen) atoms. The van der Waals surface area contributed by atoms with E-state index in [1.54, 1.807) is 31.4 Å². The van der Waals surface area contributed by atoms with E-state index in [0.717, 1.165) is 5.56 Å². The average Bonchev–Trinajstić information content (AvgIpc) is 2.63. The number of carbonyl (C=O) groups excluding carboxylic acids is 2. The molecule has 0 aliphatic rings. The normalized spacial score (nSPS) is 10.0. The summed E-state index contributed by atoms with van der Waals surface area (Å²) in [6.45, 7) is 0.115. The van der Waals surface area contributed by atoms with Crippen molar-refractivity contribution in [3.05, 3.63) is 58.6 Å². The summed E-state index contributed by atoms with van der Waals surface area (Å²) in [5.74, 6) is 0.466. The molecule has 6 nitrogen and oxygen atoms in total. The standard InChI is InChI=1S/C18H19ClN2O4/c1-24-15-8-4-6-13(17(15)25-2)10-20-16(22)11-21-18(23)12-5-3-7-14(19)9-12/h3-9H,10-11H2,1-2H3,(H,20,22)(H,21,23). The van der Waals surface area contributed by atoms with Gasteiger partial charge in [-0.3, -0.25) is 9.59 Å². The van der Waals surface area contributed by atoms with Gasteiger partial charge in [-0.05, 0) is 24.3 Å². The molecular formula is C18H19ClN2O4. The predicted molar refractivity (Wildman–Crippen MR) is 95.2 cm³/mol. The van der Waals surface area contributed by atoms with Crippen molar-refractivity contribution in [3.8, 4) is 11.5 Å². The van der Waals surface area contributed by atoms with Crippen molar-refractivity contribution in [2.75, 3.05) is 20.8 Å². The zero-order valence-electron chi connectivity index (χ0n) is 14.0. The van der Waals surface area contributed by atoms with Gasteiger partial charge in [-0.15, -0.1) is 0 Å². The molecule has 0 heterocycles. The number of halogens is 1. The number of ether oxygens (including phenoxy) is 2. The van der Waals surface area contributed by atoms with E-state index in [0.29, 0.717) is 22.1 Å². The van der Waals surface area contributed by atoms with Crippen LogP contribution in [-0.2, 0) is 11.3 Å². The van der Waals surface area contributed by atoms with Gasteiger partial charge in [0.15, 0.2) is 11.5 Å². The molecule has 7 heteroatoms. The van der Waals surface area contributed by atoms with Gasteiger partial charge >= 0.3 is 0 Å². The van der Waals surface area contributed by atoms with E-state index in [9.17, 15) is 9.59 Å². The molecule has 0 aromatic heterocycles. The average molecular weight is 363 g/mol. The molecule has 132 valence electrons. The first kappa shape index (κ1) is 18.6. The monoisotopic (exact) mass is 362 g/mol. The number of hydrogen-bond acceptors (Lipinski definition) is 4. The van der Waals surface area contributed by atoms with Crippen LogP contribution in [0.5, 0.6) is 11.5 Å². The molecule has 2 N–H and O–H groups in total. The van der Waals surface area contributed by atoms with E-state index in [4.69, 9.17) is 21.1 Å². The fourth-order valence-electron chi connectivity index (χ4n) is 2.24. The third kappa shape index (κ3) is 5.12. The number of carbonyl (C=O) groups is 2. The molecule has 0 unspecified atom stereocenters. The molecule has 2 rings (SSSR count). The van der Waals surface area contributed by atoms with Gasteiger partial charge in [0.1, 0.15) is 0 Å². The topological polar surface area (TPSA) is 76.7 Å². The number of methoxy groups -OCH3 is 2. The summed E-state index contributed by atoms with van der Waals surface area (Å²) in [5.41, 5.74) is 1.17. The summed E-state index contributed by atoms with van der Waals surface area (Å²) >= 11 is 5.84. The van der Waals surface area contributed by atoms with Crippen LogP contribution < -0.4 is 20.1 Å². The van der Waals surface area contributed by atoms with Crippen molar-refractivity contribution in [3.63, 3.8) is 0 Å². The Morgan fingerprint density at radius 2 is 1.80 bits per heavy atom. The van der Waals surface area contributed by atoms with Gasteiger partial charge in [0.05, 0.1) is 20.8 Å². The molecule has 0 saturated heterocycles. The quantitative estimate of drug-likeness (QED) is 0.793. The van der Waals surface area contributed by atoms with Crippen molar-refractivity contribution < 1.29 is 19.1 Å². The SMILES string of the molecule is COc1cccc(CNC(=O)CNC(=O)c2cccc(Cl)c2)c1OC. The van der Waals surface area contributed by atoms with Crippen LogP contribution in [0.15, 0.2) is 42.5 Å². The molecular weight excluding hydrogens is 344 g/mol. The minimum atomic E-state index is -0.364. The Morgan fingerprint density at radius 3 is 2.48 bits per heavy atom. The molecule has 0 radical (unpaired) electrons. The van der Waals surface area contributed by atoms with Crippen molar-refractivity contribution in [2.24, 2.45) is 0 Å². The maximum Gasteiger partial charge on any atom is 0.251 e. The molecule has 0 spiro atoms. The molecule has 0 atom stereocenters. The smallest absolute Gasteiger partial charge is 0.251 e. The summed E-state index contributed by atoms with van der Waals surface area (Å²) < 4.78 is 10.5. The van der Waals surface area contributed by atoms with Crippen LogP contribution in [0, 0.1) is 0 Å². The lowest BCUT2D eigenvalue weighted by molar-refractivity contribution is -0.120. The Morgan fingerprint density at radius 1 is 1.04 bits per heavy atom. The van der Waals surface area contributed by atoms with E-state index in [1.165, 1.54) is 13.2 Å². The Labute approximate surface area is 151 Å². The first-order valence-corrected chi connectivity index (χ1v) is 7.93. The molecule has 0 fully saturated rings. The third-order valence-electron chi connectivity index (χ3n) is 3.46. The lowest BCUT2D eigenvalue weighted by atomic mass is 10.2. The Kier molecular flexibility index (Phi) is 6.65. The number of benzene rings is 2. The van der Waals surface area contributed by atoms with Gasteiger partial charge in [0, 0.05) is 22.7 Å². The number of rotatable bonds is 7. The molecule has 0 saturated carbocycles. The van der Waals surface area contributed by atoms with Gasteiger partial charge in [0.25, 0.3) is 5.91 Å². The van der Waals surface area contributed by atoms with E-state index in [-0.39, 0.29) is 24.9 Å². The van der Waals surface area contributed by atoms with Gasteiger partial charge in [-0.1, -0.05) is 29.8 Å². The lowest BCUT2D eigenvalue weighted by Crippen LogP contribution is -2.36. The minimum absolute atomic E-state index is 0.141. The molecule has 0 aliphatic heterocycles. The van der Waals surface area contributed by atoms with Crippen molar-refractivity contribution in [1.29, 1.82) is 0 Å². The first-order chi connectivity index (χ1) is 12.0. The van der Waals surface area contributed by atoms with Crippen molar-refractivity contribution in [2.45, 2.75) is 6.54 Å². The summed E-state index contributed by atoms with van der Waals surface area (Å²) in [4.78, 5) is 23.9. The zero-order valence-corrected chi connectivity index (χ0v) is 14.7. The number of hydrogen-bond donors (Lipinski definition) is 2. The van der Waals surface area contributed by atoms with Crippen LogP contribution in [-0.4, -0.2) is 32.6 Å². The van der Waals surface area contributed by atoms with E-state index >= 15 is 0 Å². The number of para-hydroxylation sites is 1. The van der Waals surface area contributed by atoms with Gasteiger partial charge in [-0.25, -0.2) is 0 Å². The summed E-state index contributed by atoms with van der Waals surface area (Å²) in [5, 5.41) is 5.74. The van der Waals surface area contributed by atoms with Crippen LogP contribution in [0.2, 0.25) is 5.02 Å². The second kappa shape index (κ2) is 8.94. The maximum absolute atomic E-state index is 12.0. The highest BCUT2D eigenvalue weighted by Crippen LogP contribution is 2.30. The lowest BCUT2D eigenvalue weighted by Gasteiger charge is -2.13. The summed E-state index contributed by atoms with van der Waals surface area (Å²) in [7, 11) is 3.08. The number of amides is 2. The van der Waals surface area contributed by atoms with E-state index in [1.807, 2.05) is 12.1 Å². The highest BCUT2D eigenvalue weighted by molar-refractivity contribution is 6.30. The first-order valence-electron chi connectivity index (χ1n) is 7.55. The van der Waals surface area contributed by atoms with E-state index in [2.05, 4.69) is 10.6 Å². The van der Waals surface area contributed by atoms with Crippen molar-refractivity contribution in [1.82, 2.24) is 10.6 Å². The second-order valence-electron chi connectivity index (χ2n) is 5.12. The largest absolute Gasteiger partial charge is 0.493 e. The Hall–Kier alpha value is -2.73. The Bertz CT molecular complexity index is 764. The fourth-order valence-corrected chi connectivity index (χ4v) is 2.43. The van der Waals surface area contributed by atoms with E-state index < -0.39 is 0 Å². The Balaban J connectivity index is 1.88. The van der Waals surface area contributed by atoms with Crippen molar-refractivity contribution >= 4 is 23.4 Å². The molecule has 2 aromatic carbocycles. The highest BCUT2D eigenvalue weighted by atomic mass is 35.5. The van der Waals surface area contributed by atoms with Crippen LogP contribution in [0.3, 0.4) is 0 Å². The van der Waals surface area contributed by atoms with Gasteiger partial charge < -0.3 is 20.1 Å².